The van der Waals surface area contributed by atoms with Crippen molar-refractivity contribution < 1.29 is 22.7 Å². The molecule has 0 atom stereocenters. The largest absolute Gasteiger partial charge is 0.496 e. The van der Waals surface area contributed by atoms with Crippen LogP contribution in [0.5, 0.6) is 5.75 Å². The lowest BCUT2D eigenvalue weighted by Gasteiger charge is -2.25. The monoisotopic (exact) mass is 533 g/mol. The first-order valence-electron chi connectivity index (χ1n) is 10.8. The Morgan fingerprint density at radius 3 is 2.50 bits per heavy atom. The predicted octanol–water partition coefficient (Wildman–Crippen LogP) is 3.63. The quantitative estimate of drug-likeness (QED) is 0.194. The molecule has 12 heteroatoms. The van der Waals surface area contributed by atoms with Gasteiger partial charge in [0, 0.05) is 40.9 Å². The van der Waals surface area contributed by atoms with Crippen molar-refractivity contribution in [2.75, 3.05) is 18.1 Å². The van der Waals surface area contributed by atoms with E-state index in [0.29, 0.717) is 27.8 Å². The van der Waals surface area contributed by atoms with Gasteiger partial charge in [0.15, 0.2) is 0 Å². The molecule has 0 spiro atoms. The average molecular weight is 534 g/mol. The molecule has 0 amide bonds. The normalized spacial score (nSPS) is 11.9. The third kappa shape index (κ3) is 6.23. The van der Waals surface area contributed by atoms with Crippen LogP contribution in [-0.4, -0.2) is 48.9 Å². The summed E-state index contributed by atoms with van der Waals surface area (Å²) in [5.74, 6) is -0.617. The number of guanidine groups is 1. The zero-order valence-corrected chi connectivity index (χ0v) is 21.9. The Morgan fingerprint density at radius 1 is 1.17 bits per heavy atom. The fraction of sp³-hybridized carbons (Fsp3) is 0.292. The van der Waals surface area contributed by atoms with E-state index < -0.39 is 34.1 Å². The fourth-order valence-corrected chi connectivity index (χ4v) is 5.03. The Morgan fingerprint density at radius 2 is 1.86 bits per heavy atom. The van der Waals surface area contributed by atoms with Crippen LogP contribution in [0.1, 0.15) is 26.3 Å². The van der Waals surface area contributed by atoms with Gasteiger partial charge in [0.25, 0.3) is 0 Å². The summed E-state index contributed by atoms with van der Waals surface area (Å²) < 4.78 is 40.3. The Bertz CT molecular complexity index is 1390. The number of hydrogen-bond acceptors (Lipinski definition) is 7. The lowest BCUT2D eigenvalue weighted by atomic mass is 10.1. The van der Waals surface area contributed by atoms with Gasteiger partial charge in [-0.3, -0.25) is 15.2 Å². The van der Waals surface area contributed by atoms with Gasteiger partial charge in [-0.05, 0) is 39.0 Å². The number of carbonyl (C=O) groups excluding carboxylic acids is 1. The number of esters is 1. The number of carbonyl (C=O) groups is 1. The van der Waals surface area contributed by atoms with Crippen molar-refractivity contribution in [2.45, 2.75) is 37.8 Å². The van der Waals surface area contributed by atoms with E-state index in [-0.39, 0.29) is 11.4 Å². The number of ether oxygens (including phenoxy) is 2. The summed E-state index contributed by atoms with van der Waals surface area (Å²) in [5.41, 5.74) is 5.60. The Balaban J connectivity index is 2.06. The molecule has 0 aliphatic carbocycles. The molecule has 0 saturated carbocycles. The predicted molar refractivity (Wildman–Crippen MR) is 138 cm³/mol. The third-order valence-electron chi connectivity index (χ3n) is 5.03. The second kappa shape index (κ2) is 10.7. The molecule has 1 aromatic heterocycles. The van der Waals surface area contributed by atoms with Gasteiger partial charge in [-0.1, -0.05) is 24.3 Å². The second-order valence-corrected chi connectivity index (χ2v) is 11.2. The zero-order valence-electron chi connectivity index (χ0n) is 20.4. The van der Waals surface area contributed by atoms with E-state index in [2.05, 4.69) is 4.98 Å². The van der Waals surface area contributed by atoms with Crippen LogP contribution in [-0.2, 0) is 26.1 Å². The smallest absolute Gasteiger partial charge is 0.321 e. The number of nitrogens with one attached hydrogen (secondary N) is 1. The number of methoxy groups -OCH3 is 1. The van der Waals surface area contributed by atoms with Crippen molar-refractivity contribution >= 4 is 50.2 Å². The van der Waals surface area contributed by atoms with E-state index >= 15 is 0 Å². The van der Waals surface area contributed by atoms with Crippen molar-refractivity contribution in [1.82, 2.24) is 9.29 Å². The van der Waals surface area contributed by atoms with E-state index in [1.807, 2.05) is 0 Å². The highest BCUT2D eigenvalue weighted by Crippen LogP contribution is 2.30. The number of fused-ring (bicyclic) bond motifs is 1. The molecule has 0 bridgehead atoms. The van der Waals surface area contributed by atoms with Crippen LogP contribution in [0, 0.1) is 5.41 Å². The van der Waals surface area contributed by atoms with Gasteiger partial charge >= 0.3 is 5.97 Å². The van der Waals surface area contributed by atoms with Crippen LogP contribution in [0.2, 0.25) is 0 Å². The second-order valence-electron chi connectivity index (χ2n) is 8.88. The minimum atomic E-state index is -4.18. The van der Waals surface area contributed by atoms with Crippen molar-refractivity contribution in [1.29, 1.82) is 5.41 Å². The summed E-state index contributed by atoms with van der Waals surface area (Å²) in [6, 6.07) is 11.3. The van der Waals surface area contributed by atoms with Crippen LogP contribution >= 0.6 is 11.8 Å². The number of nitrogens with zero attached hydrogens (tertiary/aromatic N) is 3. The van der Waals surface area contributed by atoms with Gasteiger partial charge < -0.3 is 15.2 Å². The van der Waals surface area contributed by atoms with Crippen LogP contribution in [0.3, 0.4) is 0 Å². The highest BCUT2D eigenvalue weighted by Gasteiger charge is 2.30. The average Bonchev–Trinajstić information content (AvgIpc) is 2.81. The summed E-state index contributed by atoms with van der Waals surface area (Å²) in [6.45, 7) is 4.49. The highest BCUT2D eigenvalue weighted by molar-refractivity contribution is 7.89. The number of hydrogen-bond donors (Lipinski definition) is 2. The first kappa shape index (κ1) is 27.2. The number of halogens is 1. The molecule has 0 aliphatic heterocycles. The summed E-state index contributed by atoms with van der Waals surface area (Å²) >= 11 is 6.08. The summed E-state index contributed by atoms with van der Waals surface area (Å²) in [6.07, 6.45) is 2.89. The molecule has 0 aliphatic rings. The number of nitrogens with two attached hydrogens (primary N) is 1. The van der Waals surface area contributed by atoms with Gasteiger partial charge in [-0.15, -0.1) is 0 Å². The highest BCUT2D eigenvalue weighted by atomic mass is 35.5. The molecule has 0 fully saturated rings. The summed E-state index contributed by atoms with van der Waals surface area (Å²) in [7, 11) is -2.69. The van der Waals surface area contributed by atoms with Gasteiger partial charge in [-0.2, -0.15) is 4.31 Å². The SMILES string of the molecule is COc1ccccc1CN(CC(=O)OC(C)(C)C)S(=O)(=O)c1ccc2c(N(Cl)C(=N)N)cncc2c1. The molecule has 3 aromatic rings. The maximum Gasteiger partial charge on any atom is 0.321 e. The molecule has 0 unspecified atom stereocenters. The Labute approximate surface area is 215 Å². The molecular formula is C24H28ClN5O5S. The van der Waals surface area contributed by atoms with Crippen LogP contribution in [0.4, 0.5) is 5.69 Å². The molecule has 3 rings (SSSR count). The maximum atomic E-state index is 13.8. The number of pyridine rings is 1. The number of rotatable bonds is 8. The Hall–Kier alpha value is -3.41. The molecule has 0 radical (unpaired) electrons. The first-order chi connectivity index (χ1) is 16.8. The topological polar surface area (TPSA) is 139 Å². The van der Waals surface area contributed by atoms with E-state index in [0.717, 1.165) is 8.72 Å². The minimum Gasteiger partial charge on any atom is -0.496 e. The third-order valence-corrected chi connectivity index (χ3v) is 7.19. The fourth-order valence-electron chi connectivity index (χ4n) is 3.50. The van der Waals surface area contributed by atoms with Gasteiger partial charge in [0.2, 0.25) is 16.0 Å². The maximum absolute atomic E-state index is 13.8. The van der Waals surface area contributed by atoms with Crippen molar-refractivity contribution in [3.8, 4) is 5.75 Å². The molecule has 2 aromatic carbocycles. The lowest BCUT2D eigenvalue weighted by Crippen LogP contribution is -2.38. The Kier molecular flexibility index (Phi) is 8.07. The molecular weight excluding hydrogens is 506 g/mol. The van der Waals surface area contributed by atoms with Crippen molar-refractivity contribution in [2.24, 2.45) is 5.73 Å². The molecule has 10 nitrogen and oxygen atoms in total. The van der Waals surface area contributed by atoms with E-state index in [1.54, 1.807) is 51.1 Å². The molecule has 36 heavy (non-hydrogen) atoms. The summed E-state index contributed by atoms with van der Waals surface area (Å²) in [4.78, 5) is 16.7. The standard InChI is InChI=1S/C24H28ClN5O5S/c1-24(2,3)35-22(31)15-29(14-16-7-5-6-8-21(16)34-4)36(32,33)18-9-10-19-17(11-18)12-28-13-20(19)30(25)23(26)27/h5-13H,14-15H2,1-4H3,(H3,26,27). The molecule has 3 N–H and O–H groups in total. The van der Waals surface area contributed by atoms with Gasteiger partial charge in [-0.25, -0.2) is 12.8 Å². The van der Waals surface area contributed by atoms with Crippen molar-refractivity contribution in [3.63, 3.8) is 0 Å². The van der Waals surface area contributed by atoms with E-state index in [1.165, 1.54) is 31.6 Å². The lowest BCUT2D eigenvalue weighted by molar-refractivity contribution is -0.155. The van der Waals surface area contributed by atoms with Gasteiger partial charge in [0.1, 0.15) is 17.9 Å². The summed E-state index contributed by atoms with van der Waals surface area (Å²) in [5, 5.41) is 8.56. The number of aromatic nitrogens is 1. The minimum absolute atomic E-state index is 0.0589. The van der Waals surface area contributed by atoms with Crippen molar-refractivity contribution in [3.05, 3.63) is 60.4 Å². The van der Waals surface area contributed by atoms with Crippen LogP contribution in [0.15, 0.2) is 59.8 Å². The molecule has 1 heterocycles. The van der Waals surface area contributed by atoms with Gasteiger partial charge in [0.05, 0.1) is 23.9 Å². The first-order valence-corrected chi connectivity index (χ1v) is 12.6. The van der Waals surface area contributed by atoms with E-state index in [4.69, 9.17) is 32.4 Å². The van der Waals surface area contributed by atoms with Crippen LogP contribution < -0.4 is 14.9 Å². The molecule has 192 valence electrons. The number of sulfonamides is 1. The number of benzene rings is 2. The zero-order chi connectivity index (χ0) is 26.7. The van der Waals surface area contributed by atoms with Crippen LogP contribution in [0.25, 0.3) is 10.8 Å². The van der Waals surface area contributed by atoms with E-state index in [9.17, 15) is 13.2 Å². The number of para-hydroxylation sites is 1. The number of anilines is 1. The molecule has 0 saturated heterocycles.